The van der Waals surface area contributed by atoms with E-state index in [2.05, 4.69) is 0 Å². The van der Waals surface area contributed by atoms with Crippen LogP contribution in [-0.2, 0) is 9.53 Å². The zero-order chi connectivity index (χ0) is 12.0. The summed E-state index contributed by atoms with van der Waals surface area (Å²) in [6, 6.07) is 6.26. The minimum atomic E-state index is -0.465. The minimum absolute atomic E-state index is 0.168. The summed E-state index contributed by atoms with van der Waals surface area (Å²) in [5, 5.41) is 9.05. The molecule has 0 aliphatic heterocycles. The Morgan fingerprint density at radius 3 is 2.56 bits per heavy atom. The van der Waals surface area contributed by atoms with Crippen molar-refractivity contribution in [3.8, 4) is 11.5 Å². The molecule has 88 valence electrons. The number of rotatable bonds is 5. The first kappa shape index (κ1) is 12.6. The van der Waals surface area contributed by atoms with Crippen LogP contribution in [0.25, 0.3) is 0 Å². The van der Waals surface area contributed by atoms with Gasteiger partial charge in [-0.2, -0.15) is 0 Å². The number of alkyl halides is 1. The molecule has 1 aromatic rings. The number of benzene rings is 1. The summed E-state index contributed by atoms with van der Waals surface area (Å²) in [4.78, 5) is 10.7. The Kier molecular flexibility index (Phi) is 4.92. The molecule has 0 spiro atoms. The van der Waals surface area contributed by atoms with Crippen molar-refractivity contribution in [2.24, 2.45) is 0 Å². The van der Waals surface area contributed by atoms with Crippen molar-refractivity contribution in [3.63, 3.8) is 0 Å². The molecular formula is C11H13ClO4. The summed E-state index contributed by atoms with van der Waals surface area (Å²) in [5.74, 6) is 0.541. The second-order valence-electron chi connectivity index (χ2n) is 3.19. The third-order valence-corrected chi connectivity index (χ3v) is 2.12. The SMILES string of the molecule is CC(=O)OC(CCl)COc1ccc(O)cc1. The first-order valence-electron chi connectivity index (χ1n) is 4.77. The summed E-state index contributed by atoms with van der Waals surface area (Å²) >= 11 is 5.61. The Morgan fingerprint density at radius 2 is 2.06 bits per heavy atom. The molecule has 0 saturated heterocycles. The molecule has 1 aromatic carbocycles. The van der Waals surface area contributed by atoms with Crippen molar-refractivity contribution < 1.29 is 19.4 Å². The Balaban J connectivity index is 2.43. The van der Waals surface area contributed by atoms with Gasteiger partial charge in [0.15, 0.2) is 0 Å². The van der Waals surface area contributed by atoms with Crippen LogP contribution in [0.15, 0.2) is 24.3 Å². The van der Waals surface area contributed by atoms with E-state index in [0.717, 1.165) is 0 Å². The molecule has 16 heavy (non-hydrogen) atoms. The number of ether oxygens (including phenoxy) is 2. The molecule has 0 aliphatic carbocycles. The number of carbonyl (C=O) groups excluding carboxylic acids is 1. The van der Waals surface area contributed by atoms with Gasteiger partial charge in [-0.05, 0) is 24.3 Å². The molecule has 0 aromatic heterocycles. The number of hydrogen-bond acceptors (Lipinski definition) is 4. The highest BCUT2D eigenvalue weighted by atomic mass is 35.5. The first-order chi connectivity index (χ1) is 7.61. The van der Waals surface area contributed by atoms with E-state index in [9.17, 15) is 4.79 Å². The maximum atomic E-state index is 10.7. The van der Waals surface area contributed by atoms with Crippen LogP contribution < -0.4 is 4.74 Å². The van der Waals surface area contributed by atoms with E-state index in [-0.39, 0.29) is 24.2 Å². The Bertz CT molecular complexity index is 336. The average molecular weight is 245 g/mol. The van der Waals surface area contributed by atoms with E-state index < -0.39 is 6.10 Å². The van der Waals surface area contributed by atoms with Gasteiger partial charge in [0, 0.05) is 6.92 Å². The maximum absolute atomic E-state index is 10.7. The fourth-order valence-electron chi connectivity index (χ4n) is 1.08. The summed E-state index contributed by atoms with van der Waals surface area (Å²) in [5.41, 5.74) is 0. The van der Waals surface area contributed by atoms with Crippen molar-refractivity contribution in [1.29, 1.82) is 0 Å². The van der Waals surface area contributed by atoms with Crippen molar-refractivity contribution in [1.82, 2.24) is 0 Å². The van der Waals surface area contributed by atoms with E-state index in [0.29, 0.717) is 5.75 Å². The van der Waals surface area contributed by atoms with Crippen LogP contribution in [0.3, 0.4) is 0 Å². The van der Waals surface area contributed by atoms with E-state index in [1.54, 1.807) is 12.1 Å². The van der Waals surface area contributed by atoms with Crippen molar-refractivity contribution in [3.05, 3.63) is 24.3 Å². The van der Waals surface area contributed by atoms with Crippen LogP contribution in [0.5, 0.6) is 11.5 Å². The molecule has 4 nitrogen and oxygen atoms in total. The lowest BCUT2D eigenvalue weighted by atomic mass is 10.3. The van der Waals surface area contributed by atoms with Gasteiger partial charge < -0.3 is 14.6 Å². The lowest BCUT2D eigenvalue weighted by Crippen LogP contribution is -2.25. The largest absolute Gasteiger partial charge is 0.508 e. The second-order valence-corrected chi connectivity index (χ2v) is 3.50. The summed E-state index contributed by atoms with van der Waals surface area (Å²) < 4.78 is 10.2. The number of carbonyl (C=O) groups is 1. The predicted molar refractivity (Wildman–Crippen MR) is 59.9 cm³/mol. The van der Waals surface area contributed by atoms with Crippen LogP contribution in [0, 0.1) is 0 Å². The number of phenolic OH excluding ortho intramolecular Hbond substituents is 1. The molecular weight excluding hydrogens is 232 g/mol. The van der Waals surface area contributed by atoms with Gasteiger partial charge in [0.05, 0.1) is 5.88 Å². The Labute approximate surface area is 98.7 Å². The Hall–Kier alpha value is -1.42. The normalized spacial score (nSPS) is 11.9. The highest BCUT2D eigenvalue weighted by Crippen LogP contribution is 2.16. The van der Waals surface area contributed by atoms with E-state index in [1.807, 2.05) is 0 Å². The van der Waals surface area contributed by atoms with Gasteiger partial charge in [0.25, 0.3) is 0 Å². The first-order valence-corrected chi connectivity index (χ1v) is 5.30. The molecule has 1 rings (SSSR count). The lowest BCUT2D eigenvalue weighted by Gasteiger charge is -2.14. The molecule has 1 unspecified atom stereocenters. The molecule has 0 aliphatic rings. The third-order valence-electron chi connectivity index (χ3n) is 1.78. The van der Waals surface area contributed by atoms with Crippen molar-refractivity contribution in [2.45, 2.75) is 13.0 Å². The fourth-order valence-corrected chi connectivity index (χ4v) is 1.23. The van der Waals surface area contributed by atoms with Gasteiger partial charge >= 0.3 is 5.97 Å². The van der Waals surface area contributed by atoms with Gasteiger partial charge in [-0.3, -0.25) is 4.79 Å². The van der Waals surface area contributed by atoms with Crippen LogP contribution in [0.1, 0.15) is 6.92 Å². The smallest absolute Gasteiger partial charge is 0.303 e. The van der Waals surface area contributed by atoms with Gasteiger partial charge in [0.1, 0.15) is 24.2 Å². The number of aromatic hydroxyl groups is 1. The minimum Gasteiger partial charge on any atom is -0.508 e. The molecule has 0 saturated carbocycles. The number of phenols is 1. The monoisotopic (exact) mass is 244 g/mol. The number of halogens is 1. The third kappa shape index (κ3) is 4.40. The van der Waals surface area contributed by atoms with Gasteiger partial charge in [-0.1, -0.05) is 0 Å². The molecule has 5 heteroatoms. The second kappa shape index (κ2) is 6.23. The summed E-state index contributed by atoms with van der Waals surface area (Å²) in [6.45, 7) is 1.51. The molecule has 0 fully saturated rings. The topological polar surface area (TPSA) is 55.8 Å². The standard InChI is InChI=1S/C11H13ClO4/c1-8(13)16-11(6-12)7-15-10-4-2-9(14)3-5-10/h2-5,11,14H,6-7H2,1H3. The van der Waals surface area contributed by atoms with Gasteiger partial charge in [-0.15, -0.1) is 11.6 Å². The Morgan fingerprint density at radius 1 is 1.44 bits per heavy atom. The van der Waals surface area contributed by atoms with Gasteiger partial charge in [0.2, 0.25) is 0 Å². The van der Waals surface area contributed by atoms with Gasteiger partial charge in [-0.25, -0.2) is 0 Å². The molecule has 0 heterocycles. The molecule has 0 amide bonds. The van der Waals surface area contributed by atoms with Crippen LogP contribution in [-0.4, -0.2) is 29.7 Å². The number of esters is 1. The van der Waals surface area contributed by atoms with E-state index >= 15 is 0 Å². The van der Waals surface area contributed by atoms with E-state index in [4.69, 9.17) is 26.2 Å². The molecule has 0 radical (unpaired) electrons. The average Bonchev–Trinajstić information content (AvgIpc) is 2.26. The summed E-state index contributed by atoms with van der Waals surface area (Å²) in [7, 11) is 0. The van der Waals surface area contributed by atoms with Crippen LogP contribution in [0.2, 0.25) is 0 Å². The highest BCUT2D eigenvalue weighted by molar-refractivity contribution is 6.18. The zero-order valence-corrected chi connectivity index (χ0v) is 9.61. The highest BCUT2D eigenvalue weighted by Gasteiger charge is 2.11. The molecule has 0 bridgehead atoms. The van der Waals surface area contributed by atoms with E-state index in [1.165, 1.54) is 19.1 Å². The van der Waals surface area contributed by atoms with Crippen LogP contribution >= 0.6 is 11.6 Å². The molecule has 1 N–H and O–H groups in total. The quantitative estimate of drug-likeness (QED) is 0.635. The lowest BCUT2D eigenvalue weighted by molar-refractivity contribution is -0.146. The number of hydrogen-bond donors (Lipinski definition) is 1. The fraction of sp³-hybridized carbons (Fsp3) is 0.364. The van der Waals surface area contributed by atoms with Crippen molar-refractivity contribution >= 4 is 17.6 Å². The maximum Gasteiger partial charge on any atom is 0.303 e. The predicted octanol–water partition coefficient (Wildman–Crippen LogP) is 1.94. The van der Waals surface area contributed by atoms with Crippen molar-refractivity contribution in [2.75, 3.05) is 12.5 Å². The summed E-state index contributed by atoms with van der Waals surface area (Å²) in [6.07, 6.45) is -0.465. The molecule has 1 atom stereocenters. The zero-order valence-electron chi connectivity index (χ0n) is 8.85. The van der Waals surface area contributed by atoms with Crippen LogP contribution in [0.4, 0.5) is 0 Å².